The molecule has 0 saturated carbocycles. The molecule has 3 N–H and O–H groups in total. The minimum absolute atomic E-state index is 0.211. The predicted octanol–water partition coefficient (Wildman–Crippen LogP) is 2.98. The van der Waals surface area contributed by atoms with Crippen LogP contribution >= 0.6 is 15.8 Å². The number of aliphatic hydroxyl groups is 1. The van der Waals surface area contributed by atoms with Crippen LogP contribution in [0.25, 0.3) is 0 Å². The van der Waals surface area contributed by atoms with Crippen molar-refractivity contribution in [3.8, 4) is 0 Å². The fourth-order valence-corrected chi connectivity index (χ4v) is 12.8. The minimum atomic E-state index is -1.76. The van der Waals surface area contributed by atoms with Gasteiger partial charge in [-0.1, -0.05) is 43.5 Å². The number of nitrogens with one attached hydrogen (secondary N) is 1. The smallest absolute Gasteiger partial charge is 0.314 e. The normalized spacial score (nSPS) is 40.1. The summed E-state index contributed by atoms with van der Waals surface area (Å²) in [6.45, 7) is 8.31. The molecule has 2 aliphatic rings. The highest BCUT2D eigenvalue weighted by molar-refractivity contribution is 7.66. The first kappa shape index (κ1) is 20.1. The number of hydrogen-bond acceptors (Lipinski definition) is 3. The average molecular weight is 375 g/mol. The Morgan fingerprint density at radius 1 is 1.00 bits per heavy atom. The van der Waals surface area contributed by atoms with Gasteiger partial charge in [0.1, 0.15) is 5.66 Å². The lowest BCUT2D eigenvalue weighted by Gasteiger charge is -2.45. The second kappa shape index (κ2) is 7.56. The van der Waals surface area contributed by atoms with E-state index in [1.54, 1.807) is 0 Å². The molecule has 24 heavy (non-hydrogen) atoms. The van der Waals surface area contributed by atoms with Crippen LogP contribution in [0.15, 0.2) is 0 Å². The van der Waals surface area contributed by atoms with Gasteiger partial charge in [0.2, 0.25) is 0 Å². The second-order valence-corrected chi connectivity index (χ2v) is 13.9. The van der Waals surface area contributed by atoms with Crippen LogP contribution in [-0.4, -0.2) is 62.8 Å². The fourth-order valence-electron chi connectivity index (χ4n) is 4.67. The van der Waals surface area contributed by atoms with Gasteiger partial charge in [0, 0.05) is 7.05 Å². The zero-order valence-corrected chi connectivity index (χ0v) is 17.1. The van der Waals surface area contributed by atoms with E-state index in [2.05, 4.69) is 33.0 Å². The maximum absolute atomic E-state index is 12.8. The van der Waals surface area contributed by atoms with Crippen LogP contribution in [0.2, 0.25) is 0 Å². The lowest BCUT2D eigenvalue weighted by Crippen LogP contribution is -2.57. The van der Waals surface area contributed by atoms with Crippen LogP contribution in [0.1, 0.15) is 53.4 Å². The van der Waals surface area contributed by atoms with Crippen LogP contribution in [0.5, 0.6) is 0 Å². The van der Waals surface area contributed by atoms with E-state index in [1.165, 1.54) is 7.05 Å². The highest BCUT2D eigenvalue weighted by Crippen LogP contribution is 2.71. The molecule has 2 rings (SSSR count). The summed E-state index contributed by atoms with van der Waals surface area (Å²) in [6, 6.07) is 0. The van der Waals surface area contributed by atoms with E-state index >= 15 is 0 Å². The van der Waals surface area contributed by atoms with E-state index in [9.17, 15) is 19.8 Å². The van der Waals surface area contributed by atoms with Gasteiger partial charge in [0.05, 0.1) is 0 Å². The summed E-state index contributed by atoms with van der Waals surface area (Å²) in [5.74, 6) is -1.49. The van der Waals surface area contributed by atoms with Crippen molar-refractivity contribution in [3.63, 3.8) is 0 Å². The van der Waals surface area contributed by atoms with Gasteiger partial charge in [-0.05, 0) is 48.3 Å². The van der Waals surface area contributed by atoms with E-state index < -0.39 is 38.7 Å². The van der Waals surface area contributed by atoms with E-state index in [-0.39, 0.29) is 22.6 Å². The van der Waals surface area contributed by atoms with Gasteiger partial charge in [-0.15, -0.1) is 0 Å². The number of carboxylic acid groups (broad SMARTS) is 1. The Kier molecular flexibility index (Phi) is 6.32. The van der Waals surface area contributed by atoms with Gasteiger partial charge in [0.15, 0.2) is 5.34 Å². The summed E-state index contributed by atoms with van der Waals surface area (Å²) in [7, 11) is -0.549. The summed E-state index contributed by atoms with van der Waals surface area (Å²) < 4.78 is 0. The summed E-state index contributed by atoms with van der Waals surface area (Å²) in [6.07, 6.45) is 3.90. The summed E-state index contributed by atoms with van der Waals surface area (Å²) in [5, 5.41) is 22.6. The third-order valence-electron chi connectivity index (χ3n) is 5.84. The lowest BCUT2D eigenvalue weighted by atomic mass is 10.2. The largest absolute Gasteiger partial charge is 0.481 e. The molecule has 5 nitrogen and oxygen atoms in total. The van der Waals surface area contributed by atoms with Crippen molar-refractivity contribution in [2.75, 3.05) is 7.05 Å². The van der Waals surface area contributed by atoms with E-state index in [0.29, 0.717) is 0 Å². The van der Waals surface area contributed by atoms with Gasteiger partial charge in [-0.2, -0.15) is 0 Å². The molecule has 2 fully saturated rings. The first-order chi connectivity index (χ1) is 11.2. The van der Waals surface area contributed by atoms with Crippen LogP contribution in [0, 0.1) is 0 Å². The summed E-state index contributed by atoms with van der Waals surface area (Å²) in [5.41, 5.74) is 0.00443. The minimum Gasteiger partial charge on any atom is -0.481 e. The number of carbonyl (C=O) groups excluding carboxylic acids is 1. The van der Waals surface area contributed by atoms with E-state index in [0.717, 1.165) is 25.7 Å². The molecule has 0 spiro atoms. The highest BCUT2D eigenvalue weighted by Gasteiger charge is 2.61. The number of carboxylic acids is 1. The molecule has 0 aliphatic carbocycles. The maximum Gasteiger partial charge on any atom is 0.314 e. The first-order valence-electron chi connectivity index (χ1n) is 8.89. The quantitative estimate of drug-likeness (QED) is 0.645. The average Bonchev–Trinajstić information content (AvgIpc) is 3.02. The van der Waals surface area contributed by atoms with Crippen molar-refractivity contribution >= 4 is 27.7 Å². The van der Waals surface area contributed by atoms with Gasteiger partial charge in [-0.25, -0.2) is 0 Å². The van der Waals surface area contributed by atoms with Crippen LogP contribution in [0.4, 0.5) is 0 Å². The molecule has 2 heterocycles. The molecule has 0 aromatic rings. The Morgan fingerprint density at radius 3 is 1.79 bits per heavy atom. The van der Waals surface area contributed by atoms with Crippen molar-refractivity contribution < 1.29 is 19.8 Å². The molecule has 7 heteroatoms. The fraction of sp³-hybridized carbons (Fsp3) is 0.882. The number of amides is 1. The topological polar surface area (TPSA) is 86.6 Å². The second-order valence-electron chi connectivity index (χ2n) is 7.45. The first-order valence-corrected chi connectivity index (χ1v) is 11.9. The molecule has 6 atom stereocenters. The zero-order chi connectivity index (χ0) is 18.2. The third kappa shape index (κ3) is 3.24. The van der Waals surface area contributed by atoms with E-state index in [4.69, 9.17) is 0 Å². The summed E-state index contributed by atoms with van der Waals surface area (Å²) in [4.78, 5) is 25.1. The van der Waals surface area contributed by atoms with Gasteiger partial charge in [0.25, 0.3) is 5.91 Å². The molecular formula is C17H31NO4P2. The standard InChI is InChI=1S/C17H31NO4P2/c1-10-6-7-11(2)23(10)14(15(19)20)17(22,16(21)18-5)24-12(3)8-9-13(24)4/h10-14,22H,6-9H2,1-5H3,(H,18,21)(H,19,20). The van der Waals surface area contributed by atoms with Crippen molar-refractivity contribution in [2.45, 2.75) is 87.0 Å². The SMILES string of the molecule is CNC(=O)C(O)(C(C(=O)O)P1C(C)CCC1C)P1C(C)CCC1C. The number of hydrogen-bond donors (Lipinski definition) is 3. The Balaban J connectivity index is 2.54. The predicted molar refractivity (Wildman–Crippen MR) is 101 cm³/mol. The Morgan fingerprint density at radius 2 is 1.42 bits per heavy atom. The lowest BCUT2D eigenvalue weighted by molar-refractivity contribution is -0.145. The molecule has 138 valence electrons. The molecule has 0 bridgehead atoms. The number of aliphatic carboxylic acids is 1. The van der Waals surface area contributed by atoms with E-state index in [1.807, 2.05) is 0 Å². The Bertz CT molecular complexity index is 483. The van der Waals surface area contributed by atoms with Crippen LogP contribution in [0.3, 0.4) is 0 Å². The number of rotatable bonds is 5. The van der Waals surface area contributed by atoms with Crippen molar-refractivity contribution in [3.05, 3.63) is 0 Å². The Hall–Kier alpha value is -0.240. The van der Waals surface area contributed by atoms with Crippen molar-refractivity contribution in [2.24, 2.45) is 0 Å². The molecule has 0 radical (unpaired) electrons. The molecule has 2 aliphatic heterocycles. The van der Waals surface area contributed by atoms with Crippen LogP contribution in [-0.2, 0) is 9.59 Å². The molecule has 0 aromatic carbocycles. The van der Waals surface area contributed by atoms with Gasteiger partial charge in [-0.3, -0.25) is 9.59 Å². The Labute approximate surface area is 147 Å². The number of carbonyl (C=O) groups is 2. The van der Waals surface area contributed by atoms with Crippen molar-refractivity contribution in [1.29, 1.82) is 0 Å². The highest BCUT2D eigenvalue weighted by atomic mass is 31.1. The molecule has 0 aromatic heterocycles. The third-order valence-corrected chi connectivity index (χ3v) is 13.5. The van der Waals surface area contributed by atoms with Crippen molar-refractivity contribution in [1.82, 2.24) is 5.32 Å². The monoisotopic (exact) mass is 375 g/mol. The summed E-state index contributed by atoms with van der Waals surface area (Å²) >= 11 is 0. The molecule has 2 saturated heterocycles. The van der Waals surface area contributed by atoms with Gasteiger partial charge >= 0.3 is 5.97 Å². The number of likely N-dealkylation sites (N-methyl/N-ethyl adjacent to an activating group) is 1. The van der Waals surface area contributed by atoms with Gasteiger partial charge < -0.3 is 15.5 Å². The molecular weight excluding hydrogens is 344 g/mol. The van der Waals surface area contributed by atoms with Crippen LogP contribution < -0.4 is 5.32 Å². The maximum atomic E-state index is 12.8. The molecule has 6 unspecified atom stereocenters. The molecule has 1 amide bonds. The zero-order valence-electron chi connectivity index (χ0n) is 15.3.